The van der Waals surface area contributed by atoms with Gasteiger partial charge in [-0.05, 0) is 70.4 Å². The molecule has 0 radical (unpaired) electrons. The number of fused-ring (bicyclic) bond motifs is 1. The van der Waals surface area contributed by atoms with Crippen molar-refractivity contribution in [3.05, 3.63) is 77.7 Å². The Kier molecular flexibility index (Phi) is 8.67. The lowest BCUT2D eigenvalue weighted by molar-refractivity contribution is -0.155. The maximum atomic E-state index is 15.2. The van der Waals surface area contributed by atoms with Gasteiger partial charge in [-0.3, -0.25) is 14.3 Å². The summed E-state index contributed by atoms with van der Waals surface area (Å²) in [6, 6.07) is 16.0. The van der Waals surface area contributed by atoms with Crippen molar-refractivity contribution in [3.63, 3.8) is 0 Å². The van der Waals surface area contributed by atoms with E-state index in [1.54, 1.807) is 6.20 Å². The molecule has 40 heavy (non-hydrogen) atoms. The number of carbonyl (C=O) groups is 2. The van der Waals surface area contributed by atoms with Gasteiger partial charge in [0.1, 0.15) is 11.4 Å². The van der Waals surface area contributed by atoms with Crippen LogP contribution in [0.25, 0.3) is 10.9 Å². The number of benzene rings is 2. The Bertz CT molecular complexity index is 1500. The van der Waals surface area contributed by atoms with E-state index in [4.69, 9.17) is 10.5 Å². The molecule has 9 nitrogen and oxygen atoms in total. The minimum Gasteiger partial charge on any atom is -0.460 e. The molecule has 0 aliphatic heterocycles. The number of anilines is 3. The molecule has 0 spiro atoms. The molecule has 2 aromatic carbocycles. The van der Waals surface area contributed by atoms with Gasteiger partial charge < -0.3 is 21.1 Å². The molecule has 0 saturated heterocycles. The van der Waals surface area contributed by atoms with Crippen LogP contribution in [0, 0.1) is 5.82 Å². The zero-order chi connectivity index (χ0) is 28.9. The summed E-state index contributed by atoms with van der Waals surface area (Å²) in [5.74, 6) is -1.82. The Balaban J connectivity index is 1.61. The van der Waals surface area contributed by atoms with E-state index in [1.807, 2.05) is 80.9 Å². The zero-order valence-electron chi connectivity index (χ0n) is 23.2. The lowest BCUT2D eigenvalue weighted by Crippen LogP contribution is -2.28. The number of rotatable bonds is 11. The third-order valence-corrected chi connectivity index (χ3v) is 6.23. The first kappa shape index (κ1) is 28.5. The first-order chi connectivity index (χ1) is 19.0. The number of nitrogens with one attached hydrogen (secondary N) is 2. The van der Waals surface area contributed by atoms with Crippen LogP contribution < -0.4 is 16.4 Å². The van der Waals surface area contributed by atoms with E-state index < -0.39 is 17.3 Å². The lowest BCUT2D eigenvalue weighted by Gasteiger charge is -2.23. The summed E-state index contributed by atoms with van der Waals surface area (Å²) in [4.78, 5) is 29.0. The number of nitrogens with zero attached hydrogens (tertiary/aromatic N) is 3. The van der Waals surface area contributed by atoms with E-state index in [2.05, 4.69) is 20.7 Å². The van der Waals surface area contributed by atoms with Gasteiger partial charge in [-0.25, -0.2) is 9.37 Å². The molecule has 0 unspecified atom stereocenters. The quantitative estimate of drug-likeness (QED) is 0.210. The number of amides is 1. The first-order valence-corrected chi connectivity index (χ1v) is 13.3. The highest BCUT2D eigenvalue weighted by molar-refractivity contribution is 5.99. The van der Waals surface area contributed by atoms with Gasteiger partial charge in [-0.1, -0.05) is 30.3 Å². The van der Waals surface area contributed by atoms with Gasteiger partial charge in [0, 0.05) is 30.1 Å². The fourth-order valence-electron chi connectivity index (χ4n) is 4.43. The summed E-state index contributed by atoms with van der Waals surface area (Å²) in [6.45, 7) is 8.17. The van der Waals surface area contributed by atoms with Gasteiger partial charge in [0.15, 0.2) is 11.6 Å². The van der Waals surface area contributed by atoms with Crippen molar-refractivity contribution in [3.8, 4) is 0 Å². The number of hydrogen-bond acceptors (Lipinski definition) is 7. The SMILES string of the molecule is CCn1ncc2cc(Nc3nc(N[C@@H](CCC(=O)OC(C)(C)C)Cc4ccccc4)c(F)cc3C(N)=O)ccc21. The van der Waals surface area contributed by atoms with Gasteiger partial charge >= 0.3 is 5.97 Å². The fraction of sp³-hybridized carbons (Fsp3) is 0.333. The van der Waals surface area contributed by atoms with Crippen molar-refractivity contribution in [1.82, 2.24) is 14.8 Å². The minimum absolute atomic E-state index is 0.0579. The van der Waals surface area contributed by atoms with E-state index in [0.29, 0.717) is 18.5 Å². The van der Waals surface area contributed by atoms with Crippen molar-refractivity contribution in [2.45, 2.75) is 65.1 Å². The van der Waals surface area contributed by atoms with Crippen molar-refractivity contribution in [2.75, 3.05) is 10.6 Å². The maximum Gasteiger partial charge on any atom is 0.306 e. The highest BCUT2D eigenvalue weighted by Gasteiger charge is 2.22. The molecule has 10 heteroatoms. The van der Waals surface area contributed by atoms with Gasteiger partial charge in [0.25, 0.3) is 5.91 Å². The van der Waals surface area contributed by atoms with Crippen LogP contribution in [-0.2, 0) is 22.5 Å². The highest BCUT2D eigenvalue weighted by atomic mass is 19.1. The van der Waals surface area contributed by atoms with E-state index in [1.165, 1.54) is 0 Å². The fourth-order valence-corrected chi connectivity index (χ4v) is 4.43. The Labute approximate surface area is 232 Å². The number of esters is 1. The molecule has 0 aliphatic rings. The molecule has 0 aliphatic carbocycles. The zero-order valence-corrected chi connectivity index (χ0v) is 23.2. The van der Waals surface area contributed by atoms with Crippen molar-refractivity contribution < 1.29 is 18.7 Å². The summed E-state index contributed by atoms with van der Waals surface area (Å²) >= 11 is 0. The standard InChI is InChI=1S/C30H35FN6O3/c1-5-37-25-13-11-22(16-20(25)18-33-37)34-28-23(27(32)39)17-24(31)29(36-28)35-21(15-19-9-7-6-8-10-19)12-14-26(38)40-30(2,3)4/h6-11,13,16-18,21H,5,12,14-15H2,1-4H3,(H2,32,39)(H2,34,35,36)/t21-/m0/s1. The molecule has 1 atom stereocenters. The summed E-state index contributed by atoms with van der Waals surface area (Å²) < 4.78 is 22.6. The molecule has 1 amide bonds. The van der Waals surface area contributed by atoms with Gasteiger partial charge in [0.05, 0.1) is 17.3 Å². The summed E-state index contributed by atoms with van der Waals surface area (Å²) in [6.07, 6.45) is 2.79. The van der Waals surface area contributed by atoms with Crippen LogP contribution in [0.1, 0.15) is 56.5 Å². The minimum atomic E-state index is -0.814. The molecule has 210 valence electrons. The predicted octanol–water partition coefficient (Wildman–Crippen LogP) is 5.58. The summed E-state index contributed by atoms with van der Waals surface area (Å²) in [5, 5.41) is 11.5. The maximum absolute atomic E-state index is 15.2. The average Bonchev–Trinajstić information content (AvgIpc) is 3.31. The Hall–Kier alpha value is -4.47. The van der Waals surface area contributed by atoms with Crippen molar-refractivity contribution in [2.24, 2.45) is 5.73 Å². The van der Waals surface area contributed by atoms with Crippen LogP contribution in [0.15, 0.2) is 60.8 Å². The van der Waals surface area contributed by atoms with Gasteiger partial charge in [-0.2, -0.15) is 5.10 Å². The number of pyridine rings is 1. The molecular formula is C30H35FN6O3. The number of carbonyl (C=O) groups excluding carboxylic acids is 2. The normalized spacial score (nSPS) is 12.2. The second kappa shape index (κ2) is 12.1. The molecule has 0 saturated carbocycles. The molecule has 0 bridgehead atoms. The molecule has 4 rings (SSSR count). The van der Waals surface area contributed by atoms with Crippen molar-refractivity contribution in [1.29, 1.82) is 0 Å². The molecule has 4 N–H and O–H groups in total. The third kappa shape index (κ3) is 7.34. The number of halogens is 1. The first-order valence-electron chi connectivity index (χ1n) is 13.3. The van der Waals surface area contributed by atoms with Crippen LogP contribution >= 0.6 is 0 Å². The number of nitrogens with two attached hydrogens (primary N) is 1. The lowest BCUT2D eigenvalue weighted by atomic mass is 10.0. The Morgan fingerprint density at radius 1 is 1.10 bits per heavy atom. The third-order valence-electron chi connectivity index (χ3n) is 6.23. The van der Waals surface area contributed by atoms with E-state index >= 15 is 4.39 Å². The largest absolute Gasteiger partial charge is 0.460 e. The second-order valence-electron chi connectivity index (χ2n) is 10.6. The van der Waals surface area contributed by atoms with Gasteiger partial charge in [0.2, 0.25) is 0 Å². The molecule has 0 fully saturated rings. The highest BCUT2D eigenvalue weighted by Crippen LogP contribution is 2.27. The van der Waals surface area contributed by atoms with Crippen LogP contribution in [0.5, 0.6) is 0 Å². The summed E-state index contributed by atoms with van der Waals surface area (Å²) in [5.41, 5.74) is 7.50. The predicted molar refractivity (Wildman–Crippen MR) is 154 cm³/mol. The van der Waals surface area contributed by atoms with Crippen LogP contribution in [0.3, 0.4) is 0 Å². The molecule has 2 aromatic heterocycles. The molecular weight excluding hydrogens is 511 g/mol. The topological polar surface area (TPSA) is 124 Å². The van der Waals surface area contributed by atoms with Crippen LogP contribution in [0.4, 0.5) is 21.7 Å². The van der Waals surface area contributed by atoms with E-state index in [0.717, 1.165) is 29.1 Å². The number of aromatic nitrogens is 3. The van der Waals surface area contributed by atoms with E-state index in [-0.39, 0.29) is 35.6 Å². The smallest absolute Gasteiger partial charge is 0.306 e. The Morgan fingerprint density at radius 3 is 2.52 bits per heavy atom. The molecule has 4 aromatic rings. The Morgan fingerprint density at radius 2 is 1.85 bits per heavy atom. The molecule has 2 heterocycles. The number of aryl methyl sites for hydroxylation is 1. The van der Waals surface area contributed by atoms with E-state index in [9.17, 15) is 9.59 Å². The van der Waals surface area contributed by atoms with Crippen LogP contribution in [0.2, 0.25) is 0 Å². The monoisotopic (exact) mass is 546 g/mol. The summed E-state index contributed by atoms with van der Waals surface area (Å²) in [7, 11) is 0. The van der Waals surface area contributed by atoms with Crippen molar-refractivity contribution >= 4 is 40.1 Å². The number of hydrogen-bond donors (Lipinski definition) is 3. The second-order valence-corrected chi connectivity index (χ2v) is 10.6. The van der Waals surface area contributed by atoms with Crippen LogP contribution in [-0.4, -0.2) is 38.3 Å². The number of ether oxygens (including phenoxy) is 1. The van der Waals surface area contributed by atoms with Gasteiger partial charge in [-0.15, -0.1) is 0 Å². The average molecular weight is 547 g/mol. The number of primary amides is 1.